The van der Waals surface area contributed by atoms with Gasteiger partial charge < -0.3 is 15.0 Å². The van der Waals surface area contributed by atoms with E-state index in [1.807, 2.05) is 26.8 Å². The molecule has 3 heterocycles. The molecular weight excluding hydrogens is 434 g/mol. The van der Waals surface area contributed by atoms with E-state index in [1.54, 1.807) is 36.5 Å². The Bertz CT molecular complexity index is 1350. The number of para-hydroxylation sites is 1. The lowest BCUT2D eigenvalue weighted by atomic mass is 10.2. The number of hydrogen-bond acceptors (Lipinski definition) is 7. The number of ether oxygens (including phenoxy) is 1. The Balaban J connectivity index is 0.000000192. The van der Waals surface area contributed by atoms with Crippen molar-refractivity contribution in [3.05, 3.63) is 76.6 Å². The third-order valence-corrected chi connectivity index (χ3v) is 4.58. The molecule has 1 aromatic carbocycles. The van der Waals surface area contributed by atoms with Crippen LogP contribution < -0.4 is 10.9 Å². The SMILES string of the molecule is Cc1ccc(NC(=O)CCOC(C)C)nc1.N#Cc1ccccc1-n1ncc2c(=O)[nH]cnc21. The highest BCUT2D eigenvalue weighted by molar-refractivity contribution is 5.89. The maximum absolute atomic E-state index is 11.6. The number of nitrogens with one attached hydrogen (secondary N) is 2. The summed E-state index contributed by atoms with van der Waals surface area (Å²) in [5.41, 5.74) is 2.33. The zero-order valence-corrected chi connectivity index (χ0v) is 19.1. The number of fused-ring (bicyclic) bond motifs is 1. The van der Waals surface area contributed by atoms with E-state index in [0.29, 0.717) is 41.1 Å². The molecule has 0 aliphatic heterocycles. The fourth-order valence-electron chi connectivity index (χ4n) is 2.92. The molecule has 0 aliphatic rings. The number of pyridine rings is 1. The molecule has 2 N–H and O–H groups in total. The summed E-state index contributed by atoms with van der Waals surface area (Å²) in [6, 6.07) is 12.8. The molecule has 0 saturated carbocycles. The van der Waals surface area contributed by atoms with Gasteiger partial charge in [0, 0.05) is 6.20 Å². The second kappa shape index (κ2) is 11.5. The van der Waals surface area contributed by atoms with Gasteiger partial charge in [-0.15, -0.1) is 0 Å². The number of carbonyl (C=O) groups excluding carboxylic acids is 1. The van der Waals surface area contributed by atoms with E-state index < -0.39 is 0 Å². The summed E-state index contributed by atoms with van der Waals surface area (Å²) in [4.78, 5) is 33.7. The topological polar surface area (TPSA) is 139 Å². The minimum atomic E-state index is -0.249. The Kier molecular flexibility index (Phi) is 8.21. The van der Waals surface area contributed by atoms with Gasteiger partial charge in [0.05, 0.1) is 42.9 Å². The van der Waals surface area contributed by atoms with Gasteiger partial charge in [-0.2, -0.15) is 10.4 Å². The first-order valence-electron chi connectivity index (χ1n) is 10.6. The van der Waals surface area contributed by atoms with Crippen molar-refractivity contribution in [1.29, 1.82) is 5.26 Å². The van der Waals surface area contributed by atoms with Gasteiger partial charge >= 0.3 is 0 Å². The molecule has 0 saturated heterocycles. The van der Waals surface area contributed by atoms with Crippen molar-refractivity contribution in [2.45, 2.75) is 33.3 Å². The number of rotatable bonds is 6. The van der Waals surface area contributed by atoms with Gasteiger partial charge in [-0.05, 0) is 44.5 Å². The molecule has 0 bridgehead atoms. The third-order valence-electron chi connectivity index (χ3n) is 4.58. The predicted octanol–water partition coefficient (Wildman–Crippen LogP) is 3.12. The number of hydrogen-bond donors (Lipinski definition) is 2. The Morgan fingerprint density at radius 2 is 2.00 bits per heavy atom. The second-order valence-electron chi connectivity index (χ2n) is 7.59. The van der Waals surface area contributed by atoms with Gasteiger partial charge in [0.2, 0.25) is 5.91 Å². The van der Waals surface area contributed by atoms with Crippen LogP contribution in [0.3, 0.4) is 0 Å². The smallest absolute Gasteiger partial charge is 0.261 e. The molecule has 10 heteroatoms. The van der Waals surface area contributed by atoms with Crippen LogP contribution in [-0.4, -0.2) is 43.4 Å². The fourth-order valence-corrected chi connectivity index (χ4v) is 2.92. The van der Waals surface area contributed by atoms with E-state index in [9.17, 15) is 9.59 Å². The molecule has 1 amide bonds. The van der Waals surface area contributed by atoms with E-state index in [0.717, 1.165) is 5.56 Å². The zero-order valence-electron chi connectivity index (χ0n) is 19.1. The molecule has 10 nitrogen and oxygen atoms in total. The molecule has 4 rings (SSSR count). The predicted molar refractivity (Wildman–Crippen MR) is 128 cm³/mol. The molecule has 0 radical (unpaired) electrons. The number of H-pyrrole nitrogens is 1. The highest BCUT2D eigenvalue weighted by atomic mass is 16.5. The first-order chi connectivity index (χ1) is 16.4. The van der Waals surface area contributed by atoms with Crippen molar-refractivity contribution < 1.29 is 9.53 Å². The van der Waals surface area contributed by atoms with Gasteiger partial charge in [-0.3, -0.25) is 9.59 Å². The Labute approximate surface area is 196 Å². The molecule has 0 fully saturated rings. The molecular formula is C24H25N7O3. The molecule has 0 spiro atoms. The van der Waals surface area contributed by atoms with Crippen LogP contribution in [0, 0.1) is 18.3 Å². The average molecular weight is 460 g/mol. The molecule has 3 aromatic heterocycles. The van der Waals surface area contributed by atoms with E-state index in [2.05, 4.69) is 31.4 Å². The summed E-state index contributed by atoms with van der Waals surface area (Å²) in [7, 11) is 0. The lowest BCUT2D eigenvalue weighted by molar-refractivity contribution is -0.117. The molecule has 0 atom stereocenters. The average Bonchev–Trinajstić information content (AvgIpc) is 3.26. The maximum atomic E-state index is 11.6. The highest BCUT2D eigenvalue weighted by Gasteiger charge is 2.11. The Morgan fingerprint density at radius 3 is 2.71 bits per heavy atom. The molecule has 34 heavy (non-hydrogen) atoms. The number of anilines is 1. The van der Waals surface area contributed by atoms with Gasteiger partial charge in [-0.25, -0.2) is 14.6 Å². The van der Waals surface area contributed by atoms with E-state index in [1.165, 1.54) is 17.2 Å². The van der Waals surface area contributed by atoms with Crippen molar-refractivity contribution in [3.63, 3.8) is 0 Å². The summed E-state index contributed by atoms with van der Waals surface area (Å²) < 4.78 is 6.78. The number of aromatic nitrogens is 5. The summed E-state index contributed by atoms with van der Waals surface area (Å²) >= 11 is 0. The quantitative estimate of drug-likeness (QED) is 0.452. The van der Waals surface area contributed by atoms with E-state index in [-0.39, 0.29) is 17.6 Å². The van der Waals surface area contributed by atoms with Gasteiger partial charge in [0.15, 0.2) is 5.65 Å². The van der Waals surface area contributed by atoms with E-state index >= 15 is 0 Å². The van der Waals surface area contributed by atoms with Crippen molar-refractivity contribution in [3.8, 4) is 11.8 Å². The number of aryl methyl sites for hydroxylation is 1. The van der Waals surface area contributed by atoms with Crippen LogP contribution >= 0.6 is 0 Å². The lowest BCUT2D eigenvalue weighted by Gasteiger charge is -2.07. The Morgan fingerprint density at radius 1 is 1.21 bits per heavy atom. The second-order valence-corrected chi connectivity index (χ2v) is 7.59. The fraction of sp³-hybridized carbons (Fsp3) is 0.250. The van der Waals surface area contributed by atoms with Crippen LogP contribution in [0.2, 0.25) is 0 Å². The first kappa shape index (κ1) is 24.3. The largest absolute Gasteiger partial charge is 0.378 e. The van der Waals surface area contributed by atoms with Gasteiger partial charge in [-0.1, -0.05) is 18.2 Å². The summed E-state index contributed by atoms with van der Waals surface area (Å²) in [6.45, 7) is 6.28. The molecule has 174 valence electrons. The van der Waals surface area contributed by atoms with Crippen LogP contribution in [0.25, 0.3) is 16.7 Å². The molecule has 0 aliphatic carbocycles. The number of carbonyl (C=O) groups is 1. The van der Waals surface area contributed by atoms with Gasteiger partial charge in [0.25, 0.3) is 5.56 Å². The van der Waals surface area contributed by atoms with Crippen molar-refractivity contribution in [1.82, 2.24) is 24.7 Å². The number of benzene rings is 1. The van der Waals surface area contributed by atoms with Crippen LogP contribution in [0.5, 0.6) is 0 Å². The van der Waals surface area contributed by atoms with Crippen molar-refractivity contribution in [2.75, 3.05) is 11.9 Å². The van der Waals surface area contributed by atoms with Crippen molar-refractivity contribution in [2.24, 2.45) is 0 Å². The number of nitrogens with zero attached hydrogens (tertiary/aromatic N) is 5. The summed E-state index contributed by atoms with van der Waals surface area (Å²) in [5, 5.41) is 16.3. The standard InChI is InChI=1S/C12H7N5O.C12H18N2O2/c13-5-8-3-1-2-4-10(8)17-11-9(6-16-17)12(18)15-7-14-11;1-9(2)16-7-6-12(15)14-11-5-4-10(3)8-13-11/h1-4,6-7H,(H,14,15,18);4-5,8-9H,6-7H2,1-3H3,(H,13,14,15). The maximum Gasteiger partial charge on any atom is 0.261 e. The van der Waals surface area contributed by atoms with Crippen LogP contribution in [0.4, 0.5) is 5.82 Å². The molecule has 4 aromatic rings. The lowest BCUT2D eigenvalue weighted by Crippen LogP contribution is -2.16. The molecule has 0 unspecified atom stereocenters. The summed E-state index contributed by atoms with van der Waals surface area (Å²) in [6.07, 6.45) is 4.99. The normalized spacial score (nSPS) is 10.4. The van der Waals surface area contributed by atoms with Crippen LogP contribution in [-0.2, 0) is 9.53 Å². The third kappa shape index (κ3) is 6.34. The first-order valence-corrected chi connectivity index (χ1v) is 10.6. The number of aromatic amines is 1. The van der Waals surface area contributed by atoms with Crippen molar-refractivity contribution >= 4 is 22.8 Å². The number of amides is 1. The highest BCUT2D eigenvalue weighted by Crippen LogP contribution is 2.16. The monoisotopic (exact) mass is 459 g/mol. The minimum absolute atomic E-state index is 0.0722. The minimum Gasteiger partial charge on any atom is -0.378 e. The zero-order chi connectivity index (χ0) is 24.5. The van der Waals surface area contributed by atoms with E-state index in [4.69, 9.17) is 10.00 Å². The Hall–Kier alpha value is -4.36. The van der Waals surface area contributed by atoms with Gasteiger partial charge in [0.1, 0.15) is 17.3 Å². The van der Waals surface area contributed by atoms with Crippen LogP contribution in [0.1, 0.15) is 31.4 Å². The van der Waals surface area contributed by atoms with Crippen LogP contribution in [0.15, 0.2) is 59.9 Å². The number of nitriles is 1. The summed E-state index contributed by atoms with van der Waals surface area (Å²) in [5.74, 6) is 0.511.